The molecule has 5 N–H and O–H groups in total. The lowest BCUT2D eigenvalue weighted by atomic mass is 10.00. The fourth-order valence-electron chi connectivity index (χ4n) is 3.57. The van der Waals surface area contributed by atoms with E-state index in [0.717, 1.165) is 33.6 Å². The van der Waals surface area contributed by atoms with Crippen LogP contribution in [-0.2, 0) is 0 Å². The molecule has 0 aliphatic heterocycles. The van der Waals surface area contributed by atoms with Gasteiger partial charge >= 0.3 is 0 Å². The van der Waals surface area contributed by atoms with Gasteiger partial charge in [-0.3, -0.25) is 4.98 Å². The van der Waals surface area contributed by atoms with Gasteiger partial charge in [0, 0.05) is 46.5 Å². The minimum Gasteiger partial charge on any atom is -0.384 e. The highest BCUT2D eigenvalue weighted by Gasteiger charge is 2.14. The topological polar surface area (TPSA) is 141 Å². The number of nitrogen functional groups attached to an aromatic ring is 1. The summed E-state index contributed by atoms with van der Waals surface area (Å²) < 4.78 is 0. The molecule has 0 unspecified atom stereocenters. The van der Waals surface area contributed by atoms with E-state index in [2.05, 4.69) is 35.5 Å². The van der Waals surface area contributed by atoms with Crippen LogP contribution in [0.15, 0.2) is 102 Å². The van der Waals surface area contributed by atoms with Crippen molar-refractivity contribution in [3.05, 3.63) is 97.5 Å². The van der Waals surface area contributed by atoms with E-state index < -0.39 is 0 Å². The van der Waals surface area contributed by atoms with Crippen molar-refractivity contribution in [3.63, 3.8) is 0 Å². The molecule has 5 aromatic rings. The van der Waals surface area contributed by atoms with Gasteiger partial charge in [0.15, 0.2) is 17.6 Å². The fraction of sp³-hybridized carbons (Fsp3) is 0. The highest BCUT2D eigenvalue weighted by Crippen LogP contribution is 2.34. The third kappa shape index (κ3) is 4.93. The van der Waals surface area contributed by atoms with Crippen molar-refractivity contribution in [3.8, 4) is 33.8 Å². The Morgan fingerprint density at radius 2 is 1.60 bits per heavy atom. The number of anilines is 2. The summed E-state index contributed by atoms with van der Waals surface area (Å²) in [6, 6.07) is 24.6. The van der Waals surface area contributed by atoms with Crippen LogP contribution in [0.5, 0.6) is 0 Å². The van der Waals surface area contributed by atoms with Crippen LogP contribution >= 0.6 is 0 Å². The smallest absolute Gasteiger partial charge is 0.199 e. The van der Waals surface area contributed by atoms with Gasteiger partial charge in [0.1, 0.15) is 5.82 Å². The van der Waals surface area contributed by atoms with E-state index in [-0.39, 0.29) is 5.96 Å². The molecule has 0 aliphatic rings. The molecule has 2 aromatic carbocycles. The van der Waals surface area contributed by atoms with E-state index >= 15 is 0 Å². The lowest BCUT2D eigenvalue weighted by molar-refractivity contribution is 1.03. The maximum absolute atomic E-state index is 6.22. The number of aromatic nitrogens is 5. The summed E-state index contributed by atoms with van der Waals surface area (Å²) in [5, 5.41) is 11.6. The number of pyridine rings is 1. The van der Waals surface area contributed by atoms with Crippen LogP contribution in [0, 0.1) is 0 Å². The zero-order valence-electron chi connectivity index (χ0n) is 18.6. The van der Waals surface area contributed by atoms with Crippen molar-refractivity contribution < 1.29 is 0 Å². The molecular weight excluding hydrogens is 438 g/mol. The molecule has 0 bridgehead atoms. The van der Waals surface area contributed by atoms with E-state index in [1.54, 1.807) is 30.7 Å². The van der Waals surface area contributed by atoms with Crippen molar-refractivity contribution in [2.45, 2.75) is 0 Å². The van der Waals surface area contributed by atoms with Gasteiger partial charge in [-0.05, 0) is 30.3 Å². The number of nitrogens with zero attached hydrogens (tertiary/aromatic N) is 6. The summed E-state index contributed by atoms with van der Waals surface area (Å²) in [6.07, 6.45) is 5.07. The molecule has 0 aliphatic carbocycles. The Bertz CT molecular complexity index is 1480. The largest absolute Gasteiger partial charge is 0.384 e. The lowest BCUT2D eigenvalue weighted by Crippen LogP contribution is -2.22. The molecular formula is C26H21N9. The van der Waals surface area contributed by atoms with E-state index in [1.165, 1.54) is 0 Å². The number of benzene rings is 2. The number of aliphatic imine (C=N–C) groups is 1. The maximum Gasteiger partial charge on any atom is 0.199 e. The summed E-state index contributed by atoms with van der Waals surface area (Å²) in [6.45, 7) is 0. The van der Waals surface area contributed by atoms with Crippen LogP contribution in [-0.4, -0.2) is 31.1 Å². The fourth-order valence-corrected chi connectivity index (χ4v) is 3.57. The summed E-state index contributed by atoms with van der Waals surface area (Å²) in [5.74, 6) is 1.46. The quantitative estimate of drug-likeness (QED) is 0.261. The summed E-state index contributed by atoms with van der Waals surface area (Å²) >= 11 is 0. The van der Waals surface area contributed by atoms with Crippen LogP contribution in [0.3, 0.4) is 0 Å². The minimum atomic E-state index is 0.171. The van der Waals surface area contributed by atoms with Crippen molar-refractivity contribution in [2.24, 2.45) is 10.7 Å². The first-order chi connectivity index (χ1) is 17.2. The zero-order chi connectivity index (χ0) is 24.0. The molecule has 0 saturated heterocycles. The van der Waals surface area contributed by atoms with Crippen molar-refractivity contribution in [1.82, 2.24) is 25.1 Å². The molecule has 5 rings (SSSR count). The Morgan fingerprint density at radius 3 is 2.40 bits per heavy atom. The second-order valence-corrected chi connectivity index (χ2v) is 7.54. The molecule has 0 fully saturated rings. The molecule has 35 heavy (non-hydrogen) atoms. The van der Waals surface area contributed by atoms with Crippen LogP contribution in [0.25, 0.3) is 33.8 Å². The molecule has 170 valence electrons. The molecule has 9 heteroatoms. The Morgan fingerprint density at radius 1 is 0.771 bits per heavy atom. The first-order valence-corrected chi connectivity index (χ1v) is 10.8. The molecule has 3 heterocycles. The Hall–Kier alpha value is -5.18. The van der Waals surface area contributed by atoms with Gasteiger partial charge in [-0.2, -0.15) is 4.99 Å². The number of nitrogens with one attached hydrogen (secondary N) is 1. The number of nitrogens with two attached hydrogens (primary N) is 2. The molecule has 0 radical (unpaired) electrons. The lowest BCUT2D eigenvalue weighted by Gasteiger charge is -2.14. The highest BCUT2D eigenvalue weighted by molar-refractivity contribution is 5.99. The Balaban J connectivity index is 1.43. The van der Waals surface area contributed by atoms with Gasteiger partial charge in [-0.25, -0.2) is 9.97 Å². The van der Waals surface area contributed by atoms with Gasteiger partial charge in [-0.15, -0.1) is 10.2 Å². The van der Waals surface area contributed by atoms with E-state index in [1.807, 2.05) is 66.7 Å². The van der Waals surface area contributed by atoms with E-state index in [9.17, 15) is 0 Å². The van der Waals surface area contributed by atoms with Crippen LogP contribution < -0.4 is 16.8 Å². The molecule has 0 atom stereocenters. The first-order valence-electron chi connectivity index (χ1n) is 10.8. The molecule has 0 spiro atoms. The third-order valence-corrected chi connectivity index (χ3v) is 5.17. The van der Waals surface area contributed by atoms with Crippen LogP contribution in [0.2, 0.25) is 0 Å². The second kappa shape index (κ2) is 9.75. The minimum absolute atomic E-state index is 0.171. The Kier molecular flexibility index (Phi) is 6.03. The standard InChI is InChI=1S/C26H21N9/c27-23-13-15-30-25(32-23)19-12-14-29-16-20(19)18-8-4-5-9-22(18)31-26(28)33-24-11-10-21(34-35-24)17-6-2-1-3-7-17/h1-16H,(H2,27,30,32)(H3,28,31,33,35). The number of hydrogen-bond donors (Lipinski definition) is 3. The van der Waals surface area contributed by atoms with Crippen molar-refractivity contribution >= 4 is 23.3 Å². The highest BCUT2D eigenvalue weighted by atomic mass is 15.2. The van der Waals surface area contributed by atoms with Gasteiger partial charge < -0.3 is 16.8 Å². The summed E-state index contributed by atoms with van der Waals surface area (Å²) in [7, 11) is 0. The third-order valence-electron chi connectivity index (χ3n) is 5.17. The molecule has 3 aromatic heterocycles. The van der Waals surface area contributed by atoms with E-state index in [4.69, 9.17) is 11.5 Å². The van der Waals surface area contributed by atoms with Crippen LogP contribution in [0.1, 0.15) is 0 Å². The number of guanidine groups is 1. The first kappa shape index (κ1) is 21.7. The zero-order valence-corrected chi connectivity index (χ0v) is 18.6. The number of hydrogen-bond acceptors (Lipinski definition) is 7. The van der Waals surface area contributed by atoms with E-state index in [0.29, 0.717) is 17.5 Å². The average Bonchev–Trinajstić information content (AvgIpc) is 2.90. The van der Waals surface area contributed by atoms with Gasteiger partial charge in [-0.1, -0.05) is 48.5 Å². The molecule has 9 nitrogen and oxygen atoms in total. The Labute approximate surface area is 201 Å². The SMILES string of the molecule is NC(=Nc1ccc(-c2ccccc2)nn1)Nc1ccccc1-c1cnccc1-c1nccc(N)n1. The molecule has 0 amide bonds. The normalized spacial score (nSPS) is 11.3. The van der Waals surface area contributed by atoms with Crippen LogP contribution in [0.4, 0.5) is 17.3 Å². The maximum atomic E-state index is 6.22. The average molecular weight is 460 g/mol. The van der Waals surface area contributed by atoms with Gasteiger partial charge in [0.25, 0.3) is 0 Å². The number of para-hydroxylation sites is 1. The number of rotatable bonds is 5. The van der Waals surface area contributed by atoms with Gasteiger partial charge in [0.2, 0.25) is 0 Å². The van der Waals surface area contributed by atoms with Gasteiger partial charge in [0.05, 0.1) is 5.69 Å². The summed E-state index contributed by atoms with van der Waals surface area (Å²) in [5.41, 5.74) is 17.0. The van der Waals surface area contributed by atoms with Crippen molar-refractivity contribution in [2.75, 3.05) is 11.1 Å². The predicted molar refractivity (Wildman–Crippen MR) is 137 cm³/mol. The monoisotopic (exact) mass is 459 g/mol. The summed E-state index contributed by atoms with van der Waals surface area (Å²) in [4.78, 5) is 17.4. The second-order valence-electron chi connectivity index (χ2n) is 7.54. The van der Waals surface area contributed by atoms with Crippen molar-refractivity contribution in [1.29, 1.82) is 0 Å². The molecule has 0 saturated carbocycles. The predicted octanol–water partition coefficient (Wildman–Crippen LogP) is 4.30.